The Balaban J connectivity index is 1.63. The Kier molecular flexibility index (Phi) is 3.52. The largest absolute Gasteiger partial charge is 0.444 e. The number of carbonyl (C=O) groups excluding carboxylic acids is 1. The van der Waals surface area contributed by atoms with Gasteiger partial charge in [0, 0.05) is 26.2 Å². The number of ether oxygens (including phenoxy) is 1. The molecule has 0 aromatic carbocycles. The molecule has 0 saturated carbocycles. The fraction of sp³-hybridized carbons (Fsp3) is 0.571. The van der Waals surface area contributed by atoms with E-state index in [0.29, 0.717) is 13.1 Å². The van der Waals surface area contributed by atoms with E-state index in [1.807, 2.05) is 32.2 Å². The average molecular weight is 309 g/mol. The smallest absolute Gasteiger partial charge is 0.410 e. The second kappa shape index (κ2) is 5.22. The van der Waals surface area contributed by atoms with Gasteiger partial charge < -0.3 is 19.1 Å². The highest BCUT2D eigenvalue weighted by molar-refractivity contribution is 7.17. The predicted octanol–water partition coefficient (Wildman–Crippen LogP) is 2.95. The van der Waals surface area contributed by atoms with Gasteiger partial charge in [-0.2, -0.15) is 0 Å². The van der Waals surface area contributed by atoms with Crippen LogP contribution in [0.4, 0.5) is 10.6 Å². The van der Waals surface area contributed by atoms with Crippen molar-refractivity contribution in [1.29, 1.82) is 0 Å². The van der Waals surface area contributed by atoms with Crippen LogP contribution in [0.2, 0.25) is 0 Å². The molecule has 7 heteroatoms. The lowest BCUT2D eigenvalue weighted by Crippen LogP contribution is -2.50. The SMILES string of the molecule is CC(C)(C)OC(=O)N1CCN(c2noc3ccsc23)CC1. The lowest BCUT2D eigenvalue weighted by Gasteiger charge is -2.35. The Bertz CT molecular complexity index is 635. The number of thiophene rings is 1. The Hall–Kier alpha value is -1.76. The maximum absolute atomic E-state index is 12.0. The first kappa shape index (κ1) is 14.2. The molecule has 21 heavy (non-hydrogen) atoms. The molecule has 3 rings (SSSR count). The minimum Gasteiger partial charge on any atom is -0.444 e. The van der Waals surface area contributed by atoms with Crippen molar-refractivity contribution in [3.8, 4) is 0 Å². The van der Waals surface area contributed by atoms with Crippen LogP contribution in [0.25, 0.3) is 10.3 Å². The molecule has 0 unspecified atom stereocenters. The summed E-state index contributed by atoms with van der Waals surface area (Å²) in [4.78, 5) is 15.9. The van der Waals surface area contributed by atoms with Crippen LogP contribution < -0.4 is 4.90 Å². The van der Waals surface area contributed by atoms with Gasteiger partial charge in [0.25, 0.3) is 0 Å². The lowest BCUT2D eigenvalue weighted by molar-refractivity contribution is 0.0240. The number of piperazine rings is 1. The zero-order valence-electron chi connectivity index (χ0n) is 12.5. The molecule has 1 aliphatic rings. The van der Waals surface area contributed by atoms with Crippen LogP contribution in [0.3, 0.4) is 0 Å². The summed E-state index contributed by atoms with van der Waals surface area (Å²) < 4.78 is 11.8. The number of anilines is 1. The predicted molar refractivity (Wildman–Crippen MR) is 81.9 cm³/mol. The monoisotopic (exact) mass is 309 g/mol. The van der Waals surface area contributed by atoms with Crippen molar-refractivity contribution in [3.05, 3.63) is 11.4 Å². The molecular formula is C14H19N3O3S. The molecule has 114 valence electrons. The maximum Gasteiger partial charge on any atom is 0.410 e. The Morgan fingerprint density at radius 3 is 2.71 bits per heavy atom. The number of hydrogen-bond acceptors (Lipinski definition) is 6. The van der Waals surface area contributed by atoms with Crippen LogP contribution in [0.15, 0.2) is 16.0 Å². The van der Waals surface area contributed by atoms with Crippen molar-refractivity contribution in [2.45, 2.75) is 26.4 Å². The summed E-state index contributed by atoms with van der Waals surface area (Å²) in [7, 11) is 0. The summed E-state index contributed by atoms with van der Waals surface area (Å²) in [6.45, 7) is 8.37. The van der Waals surface area contributed by atoms with Crippen LogP contribution >= 0.6 is 11.3 Å². The van der Waals surface area contributed by atoms with Crippen molar-refractivity contribution >= 4 is 33.5 Å². The van der Waals surface area contributed by atoms with Crippen LogP contribution in [-0.2, 0) is 4.74 Å². The molecule has 1 fully saturated rings. The van der Waals surface area contributed by atoms with Gasteiger partial charge in [0.05, 0.1) is 0 Å². The van der Waals surface area contributed by atoms with Crippen LogP contribution in [0.5, 0.6) is 0 Å². The number of rotatable bonds is 1. The Labute approximate surface area is 127 Å². The Morgan fingerprint density at radius 1 is 1.33 bits per heavy atom. The van der Waals surface area contributed by atoms with Gasteiger partial charge in [0.15, 0.2) is 11.4 Å². The quantitative estimate of drug-likeness (QED) is 0.810. The highest BCUT2D eigenvalue weighted by atomic mass is 32.1. The van der Waals surface area contributed by atoms with Gasteiger partial charge in [0.1, 0.15) is 10.3 Å². The van der Waals surface area contributed by atoms with E-state index >= 15 is 0 Å². The van der Waals surface area contributed by atoms with E-state index in [1.165, 1.54) is 0 Å². The first-order valence-corrected chi connectivity index (χ1v) is 7.88. The van der Waals surface area contributed by atoms with Crippen LogP contribution in [0.1, 0.15) is 20.8 Å². The summed E-state index contributed by atoms with van der Waals surface area (Å²) >= 11 is 1.63. The third-order valence-electron chi connectivity index (χ3n) is 3.29. The summed E-state index contributed by atoms with van der Waals surface area (Å²) in [6.07, 6.45) is -0.247. The molecule has 2 aromatic rings. The van der Waals surface area contributed by atoms with Crippen molar-refractivity contribution < 1.29 is 14.1 Å². The molecule has 0 bridgehead atoms. The molecule has 0 N–H and O–H groups in total. The van der Waals surface area contributed by atoms with Gasteiger partial charge in [-0.25, -0.2) is 4.79 Å². The van der Waals surface area contributed by atoms with E-state index in [2.05, 4.69) is 10.1 Å². The molecule has 6 nitrogen and oxygen atoms in total. The number of carbonyl (C=O) groups is 1. The lowest BCUT2D eigenvalue weighted by atomic mass is 10.2. The zero-order valence-corrected chi connectivity index (χ0v) is 13.3. The molecule has 0 atom stereocenters. The number of nitrogens with zero attached hydrogens (tertiary/aromatic N) is 3. The zero-order chi connectivity index (χ0) is 15.0. The fourth-order valence-corrected chi connectivity index (χ4v) is 3.12. The van der Waals surface area contributed by atoms with Gasteiger partial charge in [0.2, 0.25) is 0 Å². The molecule has 1 amide bonds. The molecule has 0 spiro atoms. The van der Waals surface area contributed by atoms with Gasteiger partial charge in [-0.15, -0.1) is 11.3 Å². The maximum atomic E-state index is 12.0. The Morgan fingerprint density at radius 2 is 2.05 bits per heavy atom. The van der Waals surface area contributed by atoms with Gasteiger partial charge in [-0.05, 0) is 32.2 Å². The van der Waals surface area contributed by atoms with Crippen molar-refractivity contribution in [2.24, 2.45) is 0 Å². The molecule has 0 aliphatic carbocycles. The van der Waals surface area contributed by atoms with E-state index in [4.69, 9.17) is 9.26 Å². The highest BCUT2D eigenvalue weighted by Gasteiger charge is 2.27. The third-order valence-corrected chi connectivity index (χ3v) is 4.19. The standard InChI is InChI=1S/C14H19N3O3S/c1-14(2,3)19-13(18)17-7-5-16(6-8-17)12-11-10(20-15-12)4-9-21-11/h4,9H,5-8H2,1-3H3. The van der Waals surface area contributed by atoms with Gasteiger partial charge in [-0.3, -0.25) is 0 Å². The van der Waals surface area contributed by atoms with Crippen molar-refractivity contribution in [3.63, 3.8) is 0 Å². The van der Waals surface area contributed by atoms with E-state index in [9.17, 15) is 4.79 Å². The molecular weight excluding hydrogens is 290 g/mol. The summed E-state index contributed by atoms with van der Waals surface area (Å²) in [5.74, 6) is 0.879. The normalized spacial score (nSPS) is 16.5. The highest BCUT2D eigenvalue weighted by Crippen LogP contribution is 2.31. The van der Waals surface area contributed by atoms with Gasteiger partial charge in [-0.1, -0.05) is 5.16 Å². The summed E-state index contributed by atoms with van der Waals surface area (Å²) in [6, 6.07) is 1.92. The second-order valence-corrected chi connectivity index (χ2v) is 6.99. The number of amides is 1. The first-order chi connectivity index (χ1) is 9.94. The van der Waals surface area contributed by atoms with Gasteiger partial charge >= 0.3 is 6.09 Å². The van der Waals surface area contributed by atoms with E-state index in [1.54, 1.807) is 16.2 Å². The molecule has 0 radical (unpaired) electrons. The molecule has 3 heterocycles. The number of fused-ring (bicyclic) bond motifs is 1. The van der Waals surface area contributed by atoms with E-state index < -0.39 is 5.60 Å². The minimum absolute atomic E-state index is 0.247. The molecule has 1 aliphatic heterocycles. The van der Waals surface area contributed by atoms with Crippen LogP contribution in [0, 0.1) is 0 Å². The summed E-state index contributed by atoms with van der Waals surface area (Å²) in [5.41, 5.74) is 0.369. The molecule has 2 aromatic heterocycles. The first-order valence-electron chi connectivity index (χ1n) is 7.00. The topological polar surface area (TPSA) is 58.8 Å². The van der Waals surface area contributed by atoms with Crippen LogP contribution in [-0.4, -0.2) is 47.9 Å². The number of hydrogen-bond donors (Lipinski definition) is 0. The number of aromatic nitrogens is 1. The van der Waals surface area contributed by atoms with E-state index in [-0.39, 0.29) is 6.09 Å². The average Bonchev–Trinajstić information content (AvgIpc) is 2.99. The van der Waals surface area contributed by atoms with E-state index in [0.717, 1.165) is 29.2 Å². The van der Waals surface area contributed by atoms with Crippen molar-refractivity contribution in [2.75, 3.05) is 31.1 Å². The third kappa shape index (κ3) is 2.97. The van der Waals surface area contributed by atoms with Crippen molar-refractivity contribution in [1.82, 2.24) is 10.1 Å². The second-order valence-electron chi connectivity index (χ2n) is 6.07. The fourth-order valence-electron chi connectivity index (χ4n) is 2.29. The summed E-state index contributed by atoms with van der Waals surface area (Å²) in [5, 5.41) is 6.13. The minimum atomic E-state index is -0.455. The molecule has 1 saturated heterocycles.